The van der Waals surface area contributed by atoms with Crippen LogP contribution in [-0.4, -0.2) is 22.3 Å². The van der Waals surface area contributed by atoms with E-state index in [-0.39, 0.29) is 12.5 Å². The van der Waals surface area contributed by atoms with E-state index in [1.807, 2.05) is 24.3 Å². The maximum Gasteiger partial charge on any atom is 0.293 e. The minimum atomic E-state index is -0.192. The minimum absolute atomic E-state index is 0.192. The van der Waals surface area contributed by atoms with E-state index in [4.69, 9.17) is 27.9 Å². The van der Waals surface area contributed by atoms with Crippen LogP contribution in [-0.2, 0) is 29.1 Å². The average molecular weight is 428 g/mol. The number of benzene rings is 2. The number of ether oxygens (including phenoxy) is 1. The Balaban J connectivity index is 1.74. The first kappa shape index (κ1) is 19.4. The van der Waals surface area contributed by atoms with Crippen LogP contribution < -0.4 is 5.32 Å². The maximum atomic E-state index is 12.3. The highest BCUT2D eigenvalue weighted by molar-refractivity contribution is 6.39. The summed E-state index contributed by atoms with van der Waals surface area (Å²) < 4.78 is 4.76. The number of amides is 1. The zero-order valence-electron chi connectivity index (χ0n) is 15.1. The molecule has 2 aromatic carbocycles. The molecule has 1 aromatic heterocycles. The van der Waals surface area contributed by atoms with Gasteiger partial charge in [0, 0.05) is 6.42 Å². The molecule has 146 valence electrons. The monoisotopic (exact) mass is 427 g/mol. The Morgan fingerprint density at radius 1 is 1.00 bits per heavy atom. The van der Waals surface area contributed by atoms with Crippen molar-refractivity contribution in [3.05, 3.63) is 80.6 Å². The molecule has 8 heteroatoms. The largest absolute Gasteiger partial charge is 0.463 e. The first-order valence-electron chi connectivity index (χ1n) is 8.82. The number of hydrogen-bond acceptors (Lipinski definition) is 5. The van der Waals surface area contributed by atoms with Gasteiger partial charge in [0.15, 0.2) is 5.82 Å². The van der Waals surface area contributed by atoms with E-state index in [0.717, 1.165) is 11.1 Å². The average Bonchev–Trinajstić information content (AvgIpc) is 3.08. The molecule has 4 rings (SSSR count). The lowest BCUT2D eigenvalue weighted by atomic mass is 10.0. The summed E-state index contributed by atoms with van der Waals surface area (Å²) in [5, 5.41) is 3.68. The topological polar surface area (TPSA) is 81.2 Å². The smallest absolute Gasteiger partial charge is 0.293 e. The predicted octanol–water partition coefficient (Wildman–Crippen LogP) is 3.96. The number of halogens is 2. The molecule has 0 radical (unpaired) electrons. The van der Waals surface area contributed by atoms with Gasteiger partial charge in [0.05, 0.1) is 39.1 Å². The fourth-order valence-electron chi connectivity index (χ4n) is 3.23. The van der Waals surface area contributed by atoms with E-state index in [0.29, 0.717) is 57.8 Å². The van der Waals surface area contributed by atoms with Crippen LogP contribution in [0.4, 0.5) is 0 Å². The summed E-state index contributed by atoms with van der Waals surface area (Å²) in [6.45, 7) is 0.961. The van der Waals surface area contributed by atoms with Crippen LogP contribution in [0.3, 0.4) is 0 Å². The predicted molar refractivity (Wildman–Crippen MR) is 109 cm³/mol. The van der Waals surface area contributed by atoms with Gasteiger partial charge in [-0.3, -0.25) is 9.59 Å². The number of rotatable bonds is 6. The maximum absolute atomic E-state index is 12.3. The van der Waals surface area contributed by atoms with E-state index in [1.165, 1.54) is 0 Å². The second kappa shape index (κ2) is 8.19. The molecule has 6 nitrogen and oxygen atoms in total. The summed E-state index contributed by atoms with van der Waals surface area (Å²) in [6, 6.07) is 12.8. The Morgan fingerprint density at radius 2 is 1.69 bits per heavy atom. The standard InChI is InChI=1S/C21H15Cl2N3O3/c22-14-2-1-3-15(23)18(14)20-25-16(19-17(26-20)9-24-21(19)28)8-12-4-6-13(7-5-12)10-29-11-27/h1-7,11H,8-10H2,(H,24,28). The van der Waals surface area contributed by atoms with Crippen LogP contribution in [0.25, 0.3) is 11.4 Å². The first-order chi connectivity index (χ1) is 14.1. The van der Waals surface area contributed by atoms with Crippen molar-refractivity contribution in [2.24, 2.45) is 0 Å². The van der Waals surface area contributed by atoms with Crippen LogP contribution in [0.15, 0.2) is 42.5 Å². The zero-order chi connectivity index (χ0) is 20.4. The van der Waals surface area contributed by atoms with Crippen molar-refractivity contribution in [2.45, 2.75) is 19.6 Å². The van der Waals surface area contributed by atoms with Crippen molar-refractivity contribution in [3.8, 4) is 11.4 Å². The molecule has 0 atom stereocenters. The Labute approximate surface area is 176 Å². The molecule has 29 heavy (non-hydrogen) atoms. The molecule has 0 aliphatic carbocycles. The molecule has 0 spiro atoms. The fraction of sp³-hybridized carbons (Fsp3) is 0.143. The highest BCUT2D eigenvalue weighted by Crippen LogP contribution is 2.34. The van der Waals surface area contributed by atoms with Crippen molar-refractivity contribution >= 4 is 35.6 Å². The van der Waals surface area contributed by atoms with Crippen LogP contribution in [0, 0.1) is 0 Å². The summed E-state index contributed by atoms with van der Waals surface area (Å²) in [7, 11) is 0. The number of nitrogens with one attached hydrogen (secondary N) is 1. The number of nitrogens with zero attached hydrogens (tertiary/aromatic N) is 2. The Hall–Kier alpha value is -2.96. The highest BCUT2D eigenvalue weighted by atomic mass is 35.5. The van der Waals surface area contributed by atoms with E-state index in [9.17, 15) is 9.59 Å². The SMILES string of the molecule is O=COCc1ccc(Cc2nc(-c3c(Cl)cccc3Cl)nc3c2C(=O)NC3)cc1. The van der Waals surface area contributed by atoms with Gasteiger partial charge in [0.1, 0.15) is 6.61 Å². The summed E-state index contributed by atoms with van der Waals surface area (Å²) in [5.41, 5.74) is 4.09. The van der Waals surface area contributed by atoms with Crippen molar-refractivity contribution < 1.29 is 14.3 Å². The molecule has 2 heterocycles. The van der Waals surface area contributed by atoms with Crippen molar-refractivity contribution in [3.63, 3.8) is 0 Å². The van der Waals surface area contributed by atoms with E-state index in [1.54, 1.807) is 18.2 Å². The van der Waals surface area contributed by atoms with Gasteiger partial charge in [-0.2, -0.15) is 0 Å². The van der Waals surface area contributed by atoms with E-state index in [2.05, 4.69) is 15.3 Å². The third-order valence-corrected chi connectivity index (χ3v) is 5.23. The molecule has 1 aliphatic rings. The second-order valence-electron chi connectivity index (χ2n) is 6.50. The summed E-state index contributed by atoms with van der Waals surface area (Å²) in [6.07, 6.45) is 0.433. The number of carbonyl (C=O) groups is 2. The van der Waals surface area contributed by atoms with Gasteiger partial charge in [-0.25, -0.2) is 9.97 Å². The lowest BCUT2D eigenvalue weighted by Gasteiger charge is -2.11. The lowest BCUT2D eigenvalue weighted by molar-refractivity contribution is -0.129. The van der Waals surface area contributed by atoms with Gasteiger partial charge < -0.3 is 10.1 Å². The Kier molecular flexibility index (Phi) is 5.47. The van der Waals surface area contributed by atoms with E-state index < -0.39 is 0 Å². The van der Waals surface area contributed by atoms with Crippen LogP contribution in [0.1, 0.15) is 32.9 Å². The van der Waals surface area contributed by atoms with Gasteiger partial charge in [-0.15, -0.1) is 0 Å². The van der Waals surface area contributed by atoms with Gasteiger partial charge in [-0.05, 0) is 23.3 Å². The van der Waals surface area contributed by atoms with Crippen LogP contribution >= 0.6 is 23.2 Å². The van der Waals surface area contributed by atoms with Crippen molar-refractivity contribution in [1.29, 1.82) is 0 Å². The fourth-order valence-corrected chi connectivity index (χ4v) is 3.80. The van der Waals surface area contributed by atoms with Crippen molar-refractivity contribution in [1.82, 2.24) is 15.3 Å². The molecular formula is C21H15Cl2N3O3. The van der Waals surface area contributed by atoms with Crippen molar-refractivity contribution in [2.75, 3.05) is 0 Å². The quantitative estimate of drug-likeness (QED) is 0.602. The van der Waals surface area contributed by atoms with Crippen LogP contribution in [0.2, 0.25) is 10.0 Å². The molecule has 1 aliphatic heterocycles. The Bertz CT molecular complexity index is 1080. The normalized spacial score (nSPS) is 12.4. The molecule has 0 fully saturated rings. The molecular weight excluding hydrogens is 413 g/mol. The Morgan fingerprint density at radius 3 is 2.38 bits per heavy atom. The van der Waals surface area contributed by atoms with Gasteiger partial charge >= 0.3 is 0 Å². The highest BCUT2D eigenvalue weighted by Gasteiger charge is 2.27. The number of carbonyl (C=O) groups excluding carboxylic acids is 2. The van der Waals surface area contributed by atoms with E-state index >= 15 is 0 Å². The summed E-state index contributed by atoms with van der Waals surface area (Å²) >= 11 is 12.7. The molecule has 0 unspecified atom stereocenters. The lowest BCUT2D eigenvalue weighted by Crippen LogP contribution is -2.14. The number of fused-ring (bicyclic) bond motifs is 1. The molecule has 3 aromatic rings. The summed E-state index contributed by atoms with van der Waals surface area (Å²) in [5.74, 6) is 0.199. The van der Waals surface area contributed by atoms with Gasteiger partial charge in [0.25, 0.3) is 12.4 Å². The van der Waals surface area contributed by atoms with Gasteiger partial charge in [-0.1, -0.05) is 53.5 Å². The first-order valence-corrected chi connectivity index (χ1v) is 9.58. The molecule has 0 saturated heterocycles. The molecule has 1 amide bonds. The minimum Gasteiger partial charge on any atom is -0.463 e. The molecule has 1 N–H and O–H groups in total. The van der Waals surface area contributed by atoms with Crippen LogP contribution in [0.5, 0.6) is 0 Å². The third kappa shape index (κ3) is 3.95. The zero-order valence-corrected chi connectivity index (χ0v) is 16.6. The summed E-state index contributed by atoms with van der Waals surface area (Å²) in [4.78, 5) is 31.8. The third-order valence-electron chi connectivity index (χ3n) is 4.60. The van der Waals surface area contributed by atoms with Gasteiger partial charge in [0.2, 0.25) is 0 Å². The molecule has 0 bridgehead atoms. The molecule has 0 saturated carbocycles. The second-order valence-corrected chi connectivity index (χ2v) is 7.31. The number of hydrogen-bond donors (Lipinski definition) is 1. The number of aromatic nitrogens is 2.